The molecule has 0 spiro atoms. The molecule has 0 aliphatic heterocycles. The van der Waals surface area contributed by atoms with Crippen LogP contribution in [0.15, 0.2) is 96.6 Å². The van der Waals surface area contributed by atoms with Gasteiger partial charge in [-0.05, 0) is 58.8 Å². The Morgan fingerprint density at radius 1 is 0.604 bits per heavy atom. The molecule has 0 fully saturated rings. The van der Waals surface area contributed by atoms with Crippen molar-refractivity contribution in [3.63, 3.8) is 0 Å². The van der Waals surface area contributed by atoms with Gasteiger partial charge in [-0.1, -0.05) is 73.6 Å². The zero-order chi connectivity index (χ0) is 33.1. The van der Waals surface area contributed by atoms with Crippen LogP contribution in [0.4, 0.5) is 0 Å². The fraction of sp³-hybridized carbons (Fsp3) is 0.0625. The molecule has 11 nitrogen and oxygen atoms in total. The van der Waals surface area contributed by atoms with Crippen molar-refractivity contribution in [1.82, 2.24) is 44.9 Å². The van der Waals surface area contributed by atoms with E-state index in [1.807, 2.05) is 67.6 Å². The number of aromatic nitrogens is 9. The van der Waals surface area contributed by atoms with E-state index in [1.165, 1.54) is 18.0 Å². The maximum Gasteiger partial charge on any atom is 0.339 e. The molecule has 6 heterocycles. The Bertz CT molecular complexity index is 2510. The maximum atomic E-state index is 11.5. The first-order valence-electron chi connectivity index (χ1n) is 13.8. The Morgan fingerprint density at radius 3 is 1.56 bits per heavy atom. The smallest absolute Gasteiger partial charge is 0.339 e. The van der Waals surface area contributed by atoms with Crippen LogP contribution in [0.5, 0.6) is 0 Å². The monoisotopic (exact) mass is 739 g/mol. The molecule has 0 aliphatic carbocycles. The van der Waals surface area contributed by atoms with Crippen LogP contribution < -0.4 is 5.56 Å². The lowest BCUT2D eigenvalue weighted by molar-refractivity contribution is 0.600. The second-order valence-corrected chi connectivity index (χ2v) is 16.9. The minimum absolute atomic E-state index is 0. The third-order valence-corrected chi connectivity index (χ3v) is 7.33. The predicted molar refractivity (Wildman–Crippen MR) is 199 cm³/mol. The number of halogens is 4. The van der Waals surface area contributed by atoms with E-state index < -0.39 is 5.20 Å². The summed E-state index contributed by atoms with van der Waals surface area (Å²) in [5.41, 5.74) is 6.34. The Labute approximate surface area is 291 Å². The van der Waals surface area contributed by atoms with Gasteiger partial charge in [0.1, 0.15) is 34.7 Å². The third-order valence-electron chi connectivity index (χ3n) is 7.04. The van der Waals surface area contributed by atoms with Crippen LogP contribution in [0.2, 0.25) is 5.15 Å². The summed E-state index contributed by atoms with van der Waals surface area (Å²) in [5, 5.41) is 3.09. The molecule has 48 heavy (non-hydrogen) atoms. The van der Waals surface area contributed by atoms with Gasteiger partial charge in [-0.15, -0.1) is 0 Å². The average molecular weight is 741 g/mol. The largest absolute Gasteiger partial charge is 0.339 e. The number of nitrogens with one attached hydrogen (secondary N) is 4. The van der Waals surface area contributed by atoms with Crippen molar-refractivity contribution in [3.05, 3.63) is 113 Å². The Morgan fingerprint density at radius 2 is 1.02 bits per heavy atom. The first-order valence-corrected chi connectivity index (χ1v) is 18.6. The lowest BCUT2D eigenvalue weighted by atomic mass is 10.2. The molecule has 0 unspecified atom stereocenters. The van der Waals surface area contributed by atoms with Crippen molar-refractivity contribution < 1.29 is 4.57 Å². The first-order chi connectivity index (χ1) is 22.6. The van der Waals surface area contributed by atoms with E-state index in [9.17, 15) is 9.36 Å². The molecule has 0 radical (unpaired) electrons. The number of H-pyrrole nitrogens is 4. The van der Waals surface area contributed by atoms with Crippen molar-refractivity contribution in [2.24, 2.45) is 0 Å². The molecule has 0 saturated carbocycles. The highest BCUT2D eigenvalue weighted by Gasteiger charge is 2.09. The number of para-hydroxylation sites is 3. The van der Waals surface area contributed by atoms with E-state index in [0.717, 1.165) is 55.1 Å². The topological polar surface area (TPSA) is 162 Å². The zero-order valence-electron chi connectivity index (χ0n) is 24.2. The SMILES string of the molecule is C.Cc1ncnc2[nH]c3ccccc3c12.Clc1ncnc2[nH]c3ccccc3c12.O=P(Cl)(Cl)Cl.O=c1[nH]cnc2[nH]c3ccccc3c12. The van der Waals surface area contributed by atoms with Gasteiger partial charge < -0.3 is 19.9 Å². The zero-order valence-corrected chi connectivity index (χ0v) is 28.1. The number of benzene rings is 3. The Kier molecular flexibility index (Phi) is 10.7. The van der Waals surface area contributed by atoms with Crippen LogP contribution in [-0.2, 0) is 4.57 Å². The number of hydrogen-bond donors (Lipinski definition) is 4. The minimum atomic E-state index is -3.22. The standard InChI is InChI=1S/C11H9N3.C10H6ClN3.C10H7N3O.CH4.Cl3OP/c1-7-10-8-4-2-3-5-9(8)14-11(10)13-6-12-7;11-9-8-6-3-1-2-4-7(6)14-10(8)13-5-12-9;14-10-8-6-3-1-2-4-7(6)13-9(8)11-5-12-10;;1-5(2,3)4/h2-6H,1H3,(H,12,13,14);1-5H,(H,12,13,14);1-5H,(H2,11,12,13,14);1H4;. The summed E-state index contributed by atoms with van der Waals surface area (Å²) < 4.78 is 9.51. The van der Waals surface area contributed by atoms with Gasteiger partial charge >= 0.3 is 5.20 Å². The molecule has 9 rings (SSSR count). The fourth-order valence-corrected chi connectivity index (χ4v) is 5.38. The van der Waals surface area contributed by atoms with Crippen LogP contribution in [0.3, 0.4) is 0 Å². The van der Waals surface area contributed by atoms with E-state index >= 15 is 0 Å². The molecular weight excluding hydrogens is 715 g/mol. The molecule has 0 amide bonds. The summed E-state index contributed by atoms with van der Waals surface area (Å²) in [6.45, 7) is 2.00. The lowest BCUT2D eigenvalue weighted by Gasteiger charge is -1.93. The van der Waals surface area contributed by atoms with Crippen LogP contribution in [0.1, 0.15) is 13.1 Å². The first kappa shape index (κ1) is 34.8. The summed E-state index contributed by atoms with van der Waals surface area (Å²) >= 11 is 19.9. The highest BCUT2D eigenvalue weighted by Crippen LogP contribution is 2.61. The lowest BCUT2D eigenvalue weighted by Crippen LogP contribution is -2.04. The number of hydrogen-bond acceptors (Lipinski definition) is 7. The molecule has 16 heteroatoms. The summed E-state index contributed by atoms with van der Waals surface area (Å²) in [4.78, 5) is 44.2. The quantitative estimate of drug-likeness (QED) is 0.0888. The van der Waals surface area contributed by atoms with Crippen LogP contribution in [-0.4, -0.2) is 44.9 Å². The Hall–Kier alpha value is -4.51. The van der Waals surface area contributed by atoms with Crippen LogP contribution in [0.25, 0.3) is 65.8 Å². The van der Waals surface area contributed by atoms with Crippen LogP contribution >= 0.6 is 50.5 Å². The number of fused-ring (bicyclic) bond motifs is 9. The maximum absolute atomic E-state index is 11.5. The van der Waals surface area contributed by atoms with Crippen molar-refractivity contribution in [1.29, 1.82) is 0 Å². The normalized spacial score (nSPS) is 11.0. The molecule has 244 valence electrons. The number of nitrogens with zero attached hydrogens (tertiary/aromatic N) is 5. The molecule has 0 saturated heterocycles. The number of aromatic amines is 4. The van der Waals surface area contributed by atoms with Crippen LogP contribution in [0, 0.1) is 6.92 Å². The van der Waals surface area contributed by atoms with E-state index in [-0.39, 0.29) is 13.0 Å². The van der Waals surface area contributed by atoms with E-state index in [1.54, 1.807) is 6.33 Å². The van der Waals surface area contributed by atoms with Gasteiger partial charge in [-0.2, -0.15) is 0 Å². The minimum Gasteiger partial charge on any atom is -0.339 e. The highest BCUT2D eigenvalue weighted by molar-refractivity contribution is 8.24. The Balaban J connectivity index is 0.000000130. The summed E-state index contributed by atoms with van der Waals surface area (Å²) in [7, 11) is 0. The summed E-state index contributed by atoms with van der Waals surface area (Å²) in [5.74, 6) is 0. The molecular formula is C32H26Cl4N9O2P. The van der Waals surface area contributed by atoms with E-state index in [0.29, 0.717) is 16.2 Å². The molecule has 6 aromatic heterocycles. The predicted octanol–water partition coefficient (Wildman–Crippen LogP) is 10.0. The summed E-state index contributed by atoms with van der Waals surface area (Å²) in [6, 6.07) is 23.8. The molecule has 9 aromatic rings. The van der Waals surface area contributed by atoms with Crippen molar-refractivity contribution in [2.45, 2.75) is 14.4 Å². The summed E-state index contributed by atoms with van der Waals surface area (Å²) in [6.07, 6.45) is 4.45. The number of aryl methyl sites for hydroxylation is 1. The van der Waals surface area contributed by atoms with Crippen molar-refractivity contribution >= 4 is 116 Å². The van der Waals surface area contributed by atoms with Crippen molar-refractivity contribution in [2.75, 3.05) is 0 Å². The molecule has 0 bridgehead atoms. The van der Waals surface area contributed by atoms with Crippen molar-refractivity contribution in [3.8, 4) is 0 Å². The molecule has 0 atom stereocenters. The van der Waals surface area contributed by atoms with Gasteiger partial charge in [0, 0.05) is 38.1 Å². The molecule has 0 aliphatic rings. The van der Waals surface area contributed by atoms with Gasteiger partial charge in [-0.3, -0.25) is 9.36 Å². The second-order valence-electron chi connectivity index (χ2n) is 9.94. The number of rotatable bonds is 0. The van der Waals surface area contributed by atoms with E-state index in [2.05, 4.69) is 90.7 Å². The van der Waals surface area contributed by atoms with Gasteiger partial charge in [-0.25, -0.2) is 24.9 Å². The van der Waals surface area contributed by atoms with Gasteiger partial charge in [0.15, 0.2) is 0 Å². The average Bonchev–Trinajstić information content (AvgIpc) is 3.73. The van der Waals surface area contributed by atoms with Gasteiger partial charge in [0.05, 0.1) is 22.8 Å². The molecule has 4 N–H and O–H groups in total. The fourth-order valence-electron chi connectivity index (χ4n) is 5.15. The highest BCUT2D eigenvalue weighted by atomic mass is 36.0. The van der Waals surface area contributed by atoms with E-state index in [4.69, 9.17) is 11.6 Å². The van der Waals surface area contributed by atoms with Gasteiger partial charge in [0.25, 0.3) is 5.56 Å². The molecule has 3 aromatic carbocycles. The third kappa shape index (κ3) is 7.62. The second kappa shape index (κ2) is 14.7. The van der Waals surface area contributed by atoms with Gasteiger partial charge in [0.2, 0.25) is 0 Å².